The van der Waals surface area contributed by atoms with Crippen molar-refractivity contribution in [3.8, 4) is 6.07 Å². The second-order valence-electron chi connectivity index (χ2n) is 6.22. The monoisotopic (exact) mass is 335 g/mol. The molecule has 1 aliphatic rings. The summed E-state index contributed by atoms with van der Waals surface area (Å²) in [6.07, 6.45) is 0. The SMILES string of the molecule is CN(C)Cc1ccc2c(c1)C(C#N)N(c1cccc(C(=O)O)c1)C2=O. The molecule has 1 heterocycles. The van der Waals surface area contributed by atoms with E-state index in [0.29, 0.717) is 23.4 Å². The average Bonchev–Trinajstić information content (AvgIpc) is 2.86. The summed E-state index contributed by atoms with van der Waals surface area (Å²) in [6, 6.07) is 13.0. The molecule has 1 amide bonds. The van der Waals surface area contributed by atoms with Crippen LogP contribution in [0.1, 0.15) is 37.9 Å². The van der Waals surface area contributed by atoms with Gasteiger partial charge in [0.2, 0.25) is 0 Å². The first kappa shape index (κ1) is 16.7. The van der Waals surface area contributed by atoms with Crippen molar-refractivity contribution in [3.63, 3.8) is 0 Å². The fourth-order valence-corrected chi connectivity index (χ4v) is 3.07. The minimum atomic E-state index is -1.08. The highest BCUT2D eigenvalue weighted by molar-refractivity contribution is 6.12. The maximum Gasteiger partial charge on any atom is 0.335 e. The topological polar surface area (TPSA) is 84.6 Å². The molecule has 6 nitrogen and oxygen atoms in total. The zero-order valence-electron chi connectivity index (χ0n) is 13.9. The van der Waals surface area contributed by atoms with Gasteiger partial charge in [-0.05, 0) is 43.9 Å². The van der Waals surface area contributed by atoms with Gasteiger partial charge in [0.15, 0.2) is 6.04 Å². The highest BCUT2D eigenvalue weighted by Gasteiger charge is 2.38. The Morgan fingerprint density at radius 2 is 2.04 bits per heavy atom. The first-order chi connectivity index (χ1) is 11.9. The minimum Gasteiger partial charge on any atom is -0.478 e. The quantitative estimate of drug-likeness (QED) is 0.928. The van der Waals surface area contributed by atoms with Crippen molar-refractivity contribution < 1.29 is 14.7 Å². The Bertz CT molecular complexity index is 899. The summed E-state index contributed by atoms with van der Waals surface area (Å²) < 4.78 is 0. The van der Waals surface area contributed by atoms with E-state index in [-0.39, 0.29) is 11.5 Å². The Kier molecular flexibility index (Phi) is 4.26. The van der Waals surface area contributed by atoms with Crippen molar-refractivity contribution >= 4 is 17.6 Å². The summed E-state index contributed by atoms with van der Waals surface area (Å²) in [5.41, 5.74) is 2.63. The smallest absolute Gasteiger partial charge is 0.335 e. The summed E-state index contributed by atoms with van der Waals surface area (Å²) in [7, 11) is 3.90. The van der Waals surface area contributed by atoms with Gasteiger partial charge in [0.1, 0.15) is 0 Å². The second kappa shape index (κ2) is 6.38. The van der Waals surface area contributed by atoms with Crippen LogP contribution in [0.3, 0.4) is 0 Å². The summed E-state index contributed by atoms with van der Waals surface area (Å²) in [6.45, 7) is 0.702. The Hall–Kier alpha value is -3.17. The molecule has 2 aromatic rings. The predicted molar refractivity (Wildman–Crippen MR) is 92.4 cm³/mol. The zero-order valence-corrected chi connectivity index (χ0v) is 13.9. The number of hydrogen-bond donors (Lipinski definition) is 1. The van der Waals surface area contributed by atoms with Gasteiger partial charge in [-0.1, -0.05) is 18.2 Å². The van der Waals surface area contributed by atoms with E-state index in [1.54, 1.807) is 18.2 Å². The summed E-state index contributed by atoms with van der Waals surface area (Å²) in [4.78, 5) is 27.4. The molecule has 25 heavy (non-hydrogen) atoms. The molecule has 0 saturated carbocycles. The molecule has 1 aliphatic heterocycles. The number of amides is 1. The molecule has 2 aromatic carbocycles. The third-order valence-corrected chi connectivity index (χ3v) is 4.11. The van der Waals surface area contributed by atoms with Crippen molar-refractivity contribution in [2.45, 2.75) is 12.6 Å². The number of nitrogens with zero attached hydrogens (tertiary/aromatic N) is 3. The third-order valence-electron chi connectivity index (χ3n) is 4.11. The lowest BCUT2D eigenvalue weighted by molar-refractivity contribution is 0.0696. The van der Waals surface area contributed by atoms with Crippen LogP contribution in [0, 0.1) is 11.3 Å². The molecule has 126 valence electrons. The van der Waals surface area contributed by atoms with Gasteiger partial charge in [-0.25, -0.2) is 4.79 Å². The second-order valence-corrected chi connectivity index (χ2v) is 6.22. The number of aromatic carboxylic acids is 1. The van der Waals surface area contributed by atoms with Gasteiger partial charge in [0.05, 0.1) is 11.6 Å². The summed E-state index contributed by atoms with van der Waals surface area (Å²) in [5, 5.41) is 18.8. The number of rotatable bonds is 4. The van der Waals surface area contributed by atoms with Crippen LogP contribution in [0.2, 0.25) is 0 Å². The van der Waals surface area contributed by atoms with Crippen LogP contribution in [0.15, 0.2) is 42.5 Å². The molecule has 0 aromatic heterocycles. The van der Waals surface area contributed by atoms with Crippen molar-refractivity contribution in [1.29, 1.82) is 5.26 Å². The molecular weight excluding hydrogens is 318 g/mol. The number of hydrogen-bond acceptors (Lipinski definition) is 4. The summed E-state index contributed by atoms with van der Waals surface area (Å²) in [5.74, 6) is -1.37. The van der Waals surface area contributed by atoms with Crippen molar-refractivity contribution in [2.24, 2.45) is 0 Å². The molecule has 1 atom stereocenters. The Morgan fingerprint density at radius 3 is 2.68 bits per heavy atom. The number of carboxylic acid groups (broad SMARTS) is 1. The molecule has 1 N–H and O–H groups in total. The molecule has 3 rings (SSSR count). The highest BCUT2D eigenvalue weighted by Crippen LogP contribution is 2.38. The maximum absolute atomic E-state index is 12.8. The molecular formula is C19H17N3O3. The highest BCUT2D eigenvalue weighted by atomic mass is 16.4. The van der Waals surface area contributed by atoms with Gasteiger partial charge >= 0.3 is 5.97 Å². The largest absolute Gasteiger partial charge is 0.478 e. The van der Waals surface area contributed by atoms with Crippen LogP contribution in [0.5, 0.6) is 0 Å². The van der Waals surface area contributed by atoms with Gasteiger partial charge in [0, 0.05) is 23.4 Å². The fourth-order valence-electron chi connectivity index (χ4n) is 3.07. The zero-order chi connectivity index (χ0) is 18.1. The minimum absolute atomic E-state index is 0.0752. The number of carboxylic acids is 1. The maximum atomic E-state index is 12.8. The average molecular weight is 335 g/mol. The first-order valence-electron chi connectivity index (χ1n) is 7.76. The molecule has 0 saturated heterocycles. The molecule has 0 spiro atoms. The van der Waals surface area contributed by atoms with Gasteiger partial charge in [-0.3, -0.25) is 9.69 Å². The number of anilines is 1. The number of nitriles is 1. The third kappa shape index (κ3) is 2.97. The van der Waals surface area contributed by atoms with E-state index in [9.17, 15) is 14.9 Å². The van der Waals surface area contributed by atoms with Gasteiger partial charge < -0.3 is 10.0 Å². The lowest BCUT2D eigenvalue weighted by atomic mass is 10.0. The van der Waals surface area contributed by atoms with E-state index >= 15 is 0 Å². The number of fused-ring (bicyclic) bond motifs is 1. The van der Waals surface area contributed by atoms with Gasteiger partial charge in [-0.15, -0.1) is 0 Å². The number of benzene rings is 2. The van der Waals surface area contributed by atoms with E-state index < -0.39 is 12.0 Å². The molecule has 0 aliphatic carbocycles. The van der Waals surface area contributed by atoms with E-state index in [1.165, 1.54) is 17.0 Å². The lowest BCUT2D eigenvalue weighted by Gasteiger charge is -2.20. The van der Waals surface area contributed by atoms with Crippen LogP contribution in [0.4, 0.5) is 5.69 Å². The van der Waals surface area contributed by atoms with Crippen molar-refractivity contribution in [3.05, 3.63) is 64.7 Å². The molecule has 0 fully saturated rings. The molecule has 0 radical (unpaired) electrons. The van der Waals surface area contributed by atoms with E-state index in [0.717, 1.165) is 5.56 Å². The summed E-state index contributed by atoms with van der Waals surface area (Å²) >= 11 is 0. The molecule has 1 unspecified atom stereocenters. The normalized spacial score (nSPS) is 16.0. The van der Waals surface area contributed by atoms with Crippen LogP contribution in [0.25, 0.3) is 0 Å². The van der Waals surface area contributed by atoms with Crippen LogP contribution in [-0.2, 0) is 6.54 Å². The number of carbonyl (C=O) groups excluding carboxylic acids is 1. The first-order valence-corrected chi connectivity index (χ1v) is 7.76. The Morgan fingerprint density at radius 1 is 1.28 bits per heavy atom. The van der Waals surface area contributed by atoms with E-state index in [1.807, 2.05) is 31.1 Å². The number of carbonyl (C=O) groups is 2. The van der Waals surface area contributed by atoms with Crippen molar-refractivity contribution in [2.75, 3.05) is 19.0 Å². The molecule has 0 bridgehead atoms. The Balaban J connectivity index is 2.05. The Labute approximate surface area is 145 Å². The molecule has 6 heteroatoms. The van der Waals surface area contributed by atoms with Crippen LogP contribution >= 0.6 is 0 Å². The van der Waals surface area contributed by atoms with Crippen molar-refractivity contribution in [1.82, 2.24) is 4.90 Å². The predicted octanol–water partition coefficient (Wildman–Crippen LogP) is 2.67. The lowest BCUT2D eigenvalue weighted by Crippen LogP contribution is -2.27. The van der Waals surface area contributed by atoms with E-state index in [4.69, 9.17) is 5.11 Å². The van der Waals surface area contributed by atoms with Gasteiger partial charge in [-0.2, -0.15) is 5.26 Å². The van der Waals surface area contributed by atoms with Crippen LogP contribution < -0.4 is 4.90 Å². The van der Waals surface area contributed by atoms with E-state index in [2.05, 4.69) is 6.07 Å². The van der Waals surface area contributed by atoms with Gasteiger partial charge in [0.25, 0.3) is 5.91 Å². The standard InChI is InChI=1S/C19H17N3O3/c1-21(2)11-12-6-7-15-16(8-12)17(10-20)22(18(15)23)14-5-3-4-13(9-14)19(24)25/h3-9,17H,11H2,1-2H3,(H,24,25). The fraction of sp³-hybridized carbons (Fsp3) is 0.211. The van der Waals surface area contributed by atoms with Crippen LogP contribution in [-0.4, -0.2) is 36.0 Å².